The number of carbonyl (C=O) groups is 1. The highest BCUT2D eigenvalue weighted by Gasteiger charge is 2.09. The van der Waals surface area contributed by atoms with Crippen LogP contribution in [-0.4, -0.2) is 28.7 Å². The molecule has 6 heteroatoms. The van der Waals surface area contributed by atoms with Gasteiger partial charge in [0.2, 0.25) is 5.88 Å². The molecule has 0 aliphatic rings. The van der Waals surface area contributed by atoms with Crippen molar-refractivity contribution >= 4 is 34.3 Å². The van der Waals surface area contributed by atoms with Crippen molar-refractivity contribution in [3.8, 4) is 5.88 Å². The summed E-state index contributed by atoms with van der Waals surface area (Å²) in [5.74, 6) is 0.802. The van der Waals surface area contributed by atoms with Crippen LogP contribution in [0.15, 0.2) is 53.4 Å². The van der Waals surface area contributed by atoms with Gasteiger partial charge in [0.1, 0.15) is 5.82 Å². The topological polar surface area (TPSA) is 64.1 Å². The molecule has 0 saturated heterocycles. The van der Waals surface area contributed by atoms with Crippen molar-refractivity contribution in [1.82, 2.24) is 9.97 Å². The Hall–Kier alpha value is -2.60. The van der Waals surface area contributed by atoms with Crippen molar-refractivity contribution in [3.63, 3.8) is 0 Å². The molecule has 0 unspecified atom stereocenters. The molecule has 0 fully saturated rings. The molecule has 0 aliphatic heterocycles. The number of ether oxygens (including phenoxy) is 1. The van der Waals surface area contributed by atoms with Crippen LogP contribution in [0.1, 0.15) is 5.82 Å². The minimum Gasteiger partial charge on any atom is -0.467 e. The lowest BCUT2D eigenvalue weighted by atomic mass is 10.2. The van der Waals surface area contributed by atoms with Gasteiger partial charge in [0.25, 0.3) is 5.91 Å². The number of benzene rings is 2. The predicted molar refractivity (Wildman–Crippen MR) is 96.6 cm³/mol. The van der Waals surface area contributed by atoms with Crippen LogP contribution in [0.3, 0.4) is 0 Å². The molecule has 1 amide bonds. The molecule has 3 rings (SSSR count). The molecule has 0 bridgehead atoms. The summed E-state index contributed by atoms with van der Waals surface area (Å²) in [5, 5.41) is 3.62. The molecular formula is C18H17N3O2S. The maximum Gasteiger partial charge on any atom is 0.262 e. The number of nitrogens with one attached hydrogen (secondary N) is 1. The smallest absolute Gasteiger partial charge is 0.262 e. The van der Waals surface area contributed by atoms with Gasteiger partial charge in [0.15, 0.2) is 6.61 Å². The largest absolute Gasteiger partial charge is 0.467 e. The Morgan fingerprint density at radius 2 is 2.00 bits per heavy atom. The quantitative estimate of drug-likeness (QED) is 0.719. The number of hydrogen-bond acceptors (Lipinski definition) is 5. The monoisotopic (exact) mass is 339 g/mol. The Bertz CT molecular complexity index is 883. The number of aryl methyl sites for hydroxylation is 1. The van der Waals surface area contributed by atoms with E-state index in [1.54, 1.807) is 18.7 Å². The number of amides is 1. The highest BCUT2D eigenvalue weighted by atomic mass is 32.2. The zero-order valence-corrected chi connectivity index (χ0v) is 14.3. The predicted octanol–water partition coefficient (Wildman–Crippen LogP) is 3.68. The molecule has 0 aliphatic carbocycles. The minimum absolute atomic E-state index is 0.107. The SMILES string of the molecule is CSc1cccc(NC(=O)COc2nc(C)nc3ccccc23)c1. The first-order valence-corrected chi connectivity index (χ1v) is 8.68. The average molecular weight is 339 g/mol. The Morgan fingerprint density at radius 1 is 1.17 bits per heavy atom. The lowest BCUT2D eigenvalue weighted by molar-refractivity contribution is -0.118. The van der Waals surface area contributed by atoms with Crippen molar-refractivity contribution in [2.24, 2.45) is 0 Å². The third-order valence-corrected chi connectivity index (χ3v) is 4.10. The Balaban J connectivity index is 1.70. The van der Waals surface area contributed by atoms with Crippen molar-refractivity contribution in [3.05, 3.63) is 54.4 Å². The molecule has 0 saturated carbocycles. The van der Waals surface area contributed by atoms with E-state index in [0.717, 1.165) is 21.5 Å². The van der Waals surface area contributed by atoms with Gasteiger partial charge >= 0.3 is 0 Å². The van der Waals surface area contributed by atoms with E-state index < -0.39 is 0 Å². The molecular weight excluding hydrogens is 322 g/mol. The van der Waals surface area contributed by atoms with Crippen LogP contribution >= 0.6 is 11.8 Å². The maximum atomic E-state index is 12.1. The summed E-state index contributed by atoms with van der Waals surface area (Å²) < 4.78 is 5.62. The summed E-state index contributed by atoms with van der Waals surface area (Å²) >= 11 is 1.62. The number of anilines is 1. The van der Waals surface area contributed by atoms with Crippen molar-refractivity contribution in [2.75, 3.05) is 18.2 Å². The zero-order chi connectivity index (χ0) is 16.9. The molecule has 24 heavy (non-hydrogen) atoms. The first kappa shape index (κ1) is 16.3. The summed E-state index contributed by atoms with van der Waals surface area (Å²) in [6.45, 7) is 1.69. The molecule has 2 aromatic carbocycles. The third-order valence-electron chi connectivity index (χ3n) is 3.37. The molecule has 1 N–H and O–H groups in total. The fraction of sp³-hybridized carbons (Fsp3) is 0.167. The molecule has 0 spiro atoms. The molecule has 3 aromatic rings. The van der Waals surface area contributed by atoms with E-state index in [2.05, 4.69) is 15.3 Å². The summed E-state index contributed by atoms with van der Waals surface area (Å²) in [7, 11) is 0. The van der Waals surface area contributed by atoms with Crippen molar-refractivity contribution in [2.45, 2.75) is 11.8 Å². The second kappa shape index (κ2) is 7.31. The van der Waals surface area contributed by atoms with Crippen LogP contribution in [0.2, 0.25) is 0 Å². The van der Waals surface area contributed by atoms with E-state index in [0.29, 0.717) is 11.7 Å². The summed E-state index contributed by atoms with van der Waals surface area (Å²) in [4.78, 5) is 21.9. The Morgan fingerprint density at radius 3 is 2.83 bits per heavy atom. The van der Waals surface area contributed by atoms with Gasteiger partial charge < -0.3 is 10.1 Å². The van der Waals surface area contributed by atoms with Gasteiger partial charge in [-0.3, -0.25) is 4.79 Å². The lowest BCUT2D eigenvalue weighted by Gasteiger charge is -2.10. The number of fused-ring (bicyclic) bond motifs is 1. The molecule has 122 valence electrons. The Kier molecular flexibility index (Phi) is 4.96. The summed E-state index contributed by atoms with van der Waals surface area (Å²) in [5.41, 5.74) is 1.55. The normalized spacial score (nSPS) is 10.6. The zero-order valence-electron chi connectivity index (χ0n) is 13.4. The number of hydrogen-bond donors (Lipinski definition) is 1. The number of para-hydroxylation sites is 1. The van der Waals surface area contributed by atoms with Gasteiger partial charge in [-0.15, -0.1) is 11.8 Å². The standard InChI is InChI=1S/C18H17N3O2S/c1-12-19-16-9-4-3-8-15(16)18(20-12)23-11-17(22)21-13-6-5-7-14(10-13)24-2/h3-10H,11H2,1-2H3,(H,21,22). The van der Waals surface area contributed by atoms with Crippen LogP contribution in [0.4, 0.5) is 5.69 Å². The van der Waals surface area contributed by atoms with E-state index in [1.807, 2.05) is 54.8 Å². The summed E-state index contributed by atoms with van der Waals surface area (Å²) in [6, 6.07) is 15.2. The van der Waals surface area contributed by atoms with E-state index in [9.17, 15) is 4.79 Å². The number of carbonyl (C=O) groups excluding carboxylic acids is 1. The van der Waals surface area contributed by atoms with Crippen molar-refractivity contribution < 1.29 is 9.53 Å². The summed E-state index contributed by atoms with van der Waals surface area (Å²) in [6.07, 6.45) is 1.99. The first-order chi connectivity index (χ1) is 11.7. The van der Waals surface area contributed by atoms with Crippen LogP contribution < -0.4 is 10.1 Å². The van der Waals surface area contributed by atoms with Gasteiger partial charge in [-0.25, -0.2) is 4.98 Å². The molecule has 1 heterocycles. The van der Waals surface area contributed by atoms with Crippen LogP contribution in [0.25, 0.3) is 10.9 Å². The van der Waals surface area contributed by atoms with Crippen LogP contribution in [0.5, 0.6) is 5.88 Å². The van der Waals surface area contributed by atoms with E-state index >= 15 is 0 Å². The number of rotatable bonds is 5. The number of thioether (sulfide) groups is 1. The second-order valence-corrected chi connectivity index (χ2v) is 6.04. The average Bonchev–Trinajstić information content (AvgIpc) is 2.59. The lowest BCUT2D eigenvalue weighted by Crippen LogP contribution is -2.20. The Labute approximate surface area is 144 Å². The molecule has 5 nitrogen and oxygen atoms in total. The van der Waals surface area contributed by atoms with E-state index in [-0.39, 0.29) is 12.5 Å². The van der Waals surface area contributed by atoms with Crippen LogP contribution in [0, 0.1) is 6.92 Å². The van der Waals surface area contributed by atoms with Gasteiger partial charge in [-0.2, -0.15) is 4.98 Å². The van der Waals surface area contributed by atoms with E-state index in [1.165, 1.54) is 0 Å². The first-order valence-electron chi connectivity index (χ1n) is 7.46. The molecule has 1 aromatic heterocycles. The third kappa shape index (κ3) is 3.83. The fourth-order valence-electron chi connectivity index (χ4n) is 2.30. The minimum atomic E-state index is -0.228. The van der Waals surface area contributed by atoms with Gasteiger partial charge in [-0.05, 0) is 43.5 Å². The second-order valence-electron chi connectivity index (χ2n) is 5.16. The molecule has 0 radical (unpaired) electrons. The molecule has 0 atom stereocenters. The van der Waals surface area contributed by atoms with Gasteiger partial charge in [-0.1, -0.05) is 18.2 Å². The maximum absolute atomic E-state index is 12.1. The number of nitrogens with zero attached hydrogens (tertiary/aromatic N) is 2. The number of aromatic nitrogens is 2. The highest BCUT2D eigenvalue weighted by Crippen LogP contribution is 2.22. The fourth-order valence-corrected chi connectivity index (χ4v) is 2.76. The van der Waals surface area contributed by atoms with Gasteiger partial charge in [0.05, 0.1) is 10.9 Å². The van der Waals surface area contributed by atoms with Crippen molar-refractivity contribution in [1.29, 1.82) is 0 Å². The highest BCUT2D eigenvalue weighted by molar-refractivity contribution is 7.98. The van der Waals surface area contributed by atoms with E-state index in [4.69, 9.17) is 4.74 Å². The van der Waals surface area contributed by atoms with Gasteiger partial charge in [0, 0.05) is 10.6 Å². The van der Waals surface area contributed by atoms with Crippen LogP contribution in [-0.2, 0) is 4.79 Å².